The monoisotopic (exact) mass is 310 g/mol. The standard InChI is InChI=1S/C13H15ClN4O3/c1-17-9-6-15-13(14)16-10(9)18(12(20)11(17)19)7-8-2-4-21-5-3-8/h6,8H,2-5,7H2,1H3. The highest BCUT2D eigenvalue weighted by atomic mass is 35.5. The van der Waals surface area contributed by atoms with E-state index >= 15 is 0 Å². The smallest absolute Gasteiger partial charge is 0.318 e. The highest BCUT2D eigenvalue weighted by molar-refractivity contribution is 6.28. The lowest BCUT2D eigenvalue weighted by Gasteiger charge is -2.23. The van der Waals surface area contributed by atoms with Gasteiger partial charge in [0.2, 0.25) is 5.28 Å². The molecular formula is C13H15ClN4O3. The summed E-state index contributed by atoms with van der Waals surface area (Å²) in [5.74, 6) is 0.292. The van der Waals surface area contributed by atoms with Gasteiger partial charge in [-0.25, -0.2) is 4.98 Å². The topological polar surface area (TPSA) is 79.0 Å². The van der Waals surface area contributed by atoms with E-state index in [0.29, 0.717) is 36.8 Å². The van der Waals surface area contributed by atoms with Crippen molar-refractivity contribution in [2.24, 2.45) is 13.0 Å². The van der Waals surface area contributed by atoms with Gasteiger partial charge in [-0.15, -0.1) is 0 Å². The van der Waals surface area contributed by atoms with E-state index in [0.717, 1.165) is 12.8 Å². The fourth-order valence-corrected chi connectivity index (χ4v) is 2.73. The van der Waals surface area contributed by atoms with Gasteiger partial charge in [0.25, 0.3) is 0 Å². The van der Waals surface area contributed by atoms with Crippen LogP contribution in [0, 0.1) is 5.92 Å². The molecule has 0 aliphatic carbocycles. The average Bonchev–Trinajstić information content (AvgIpc) is 2.50. The van der Waals surface area contributed by atoms with E-state index in [1.54, 1.807) is 0 Å². The van der Waals surface area contributed by atoms with Crippen LogP contribution in [0.2, 0.25) is 5.28 Å². The van der Waals surface area contributed by atoms with E-state index in [9.17, 15) is 9.59 Å². The van der Waals surface area contributed by atoms with Crippen molar-refractivity contribution >= 4 is 22.8 Å². The summed E-state index contributed by atoms with van der Waals surface area (Å²) in [6, 6.07) is 0. The maximum atomic E-state index is 12.3. The second kappa shape index (κ2) is 5.57. The first-order chi connectivity index (χ1) is 10.1. The molecule has 0 atom stereocenters. The van der Waals surface area contributed by atoms with Crippen LogP contribution in [0.5, 0.6) is 0 Å². The van der Waals surface area contributed by atoms with E-state index in [4.69, 9.17) is 16.3 Å². The molecule has 1 saturated heterocycles. The number of hydrogen-bond acceptors (Lipinski definition) is 5. The Bertz CT molecular complexity index is 792. The summed E-state index contributed by atoms with van der Waals surface area (Å²) in [5, 5.41) is 0.0567. The van der Waals surface area contributed by atoms with Crippen molar-refractivity contribution in [1.29, 1.82) is 0 Å². The van der Waals surface area contributed by atoms with E-state index < -0.39 is 11.1 Å². The van der Waals surface area contributed by atoms with Crippen LogP contribution in [0.3, 0.4) is 0 Å². The normalized spacial score (nSPS) is 16.5. The summed E-state index contributed by atoms with van der Waals surface area (Å²) in [5.41, 5.74) is -0.267. The molecule has 0 N–H and O–H groups in total. The summed E-state index contributed by atoms with van der Waals surface area (Å²) in [7, 11) is 1.53. The summed E-state index contributed by atoms with van der Waals surface area (Å²) in [6.07, 6.45) is 3.19. The Kier molecular flexibility index (Phi) is 3.77. The van der Waals surface area contributed by atoms with E-state index in [-0.39, 0.29) is 5.28 Å². The summed E-state index contributed by atoms with van der Waals surface area (Å²) >= 11 is 5.83. The van der Waals surface area contributed by atoms with Gasteiger partial charge in [0.05, 0.1) is 6.20 Å². The number of ether oxygens (including phenoxy) is 1. The molecule has 1 aliphatic heterocycles. The molecule has 7 nitrogen and oxygen atoms in total. The maximum absolute atomic E-state index is 12.3. The number of hydrogen-bond donors (Lipinski definition) is 0. The van der Waals surface area contributed by atoms with E-state index in [1.807, 2.05) is 0 Å². The number of aromatic nitrogens is 4. The predicted octanol–water partition coefficient (Wildman–Crippen LogP) is 0.570. The molecule has 8 heteroatoms. The fourth-order valence-electron chi connectivity index (χ4n) is 2.60. The van der Waals surface area contributed by atoms with Gasteiger partial charge in [0.15, 0.2) is 5.65 Å². The third-order valence-corrected chi connectivity index (χ3v) is 4.03. The molecule has 0 radical (unpaired) electrons. The van der Waals surface area contributed by atoms with Crippen molar-refractivity contribution in [3.05, 3.63) is 32.2 Å². The van der Waals surface area contributed by atoms with Gasteiger partial charge in [-0.2, -0.15) is 4.98 Å². The molecule has 3 heterocycles. The van der Waals surface area contributed by atoms with Gasteiger partial charge in [-0.3, -0.25) is 14.2 Å². The first-order valence-corrected chi connectivity index (χ1v) is 7.15. The van der Waals surface area contributed by atoms with Crippen molar-refractivity contribution in [3.63, 3.8) is 0 Å². The Morgan fingerprint density at radius 1 is 1.33 bits per heavy atom. The molecule has 0 bridgehead atoms. The molecule has 1 fully saturated rings. The summed E-state index contributed by atoms with van der Waals surface area (Å²) < 4.78 is 7.99. The van der Waals surface area contributed by atoms with Crippen molar-refractivity contribution in [2.75, 3.05) is 13.2 Å². The zero-order valence-electron chi connectivity index (χ0n) is 11.6. The minimum atomic E-state index is -0.583. The number of aryl methyl sites for hydroxylation is 1. The molecule has 0 amide bonds. The van der Waals surface area contributed by atoms with Gasteiger partial charge < -0.3 is 9.30 Å². The van der Waals surface area contributed by atoms with Crippen molar-refractivity contribution in [1.82, 2.24) is 19.1 Å². The zero-order valence-corrected chi connectivity index (χ0v) is 12.3. The zero-order chi connectivity index (χ0) is 15.0. The lowest BCUT2D eigenvalue weighted by Crippen LogP contribution is -2.42. The van der Waals surface area contributed by atoms with Crippen LogP contribution in [-0.2, 0) is 18.3 Å². The van der Waals surface area contributed by atoms with Crippen molar-refractivity contribution in [2.45, 2.75) is 19.4 Å². The van der Waals surface area contributed by atoms with Crippen LogP contribution in [-0.4, -0.2) is 32.3 Å². The van der Waals surface area contributed by atoms with Crippen molar-refractivity contribution < 1.29 is 4.74 Å². The highest BCUT2D eigenvalue weighted by Gasteiger charge is 2.19. The Balaban J connectivity index is 2.17. The first-order valence-electron chi connectivity index (χ1n) is 6.77. The van der Waals surface area contributed by atoms with Crippen molar-refractivity contribution in [3.8, 4) is 0 Å². The van der Waals surface area contributed by atoms with Crippen LogP contribution < -0.4 is 11.1 Å². The molecule has 112 valence electrons. The first kappa shape index (κ1) is 14.2. The lowest BCUT2D eigenvalue weighted by molar-refractivity contribution is 0.0612. The third kappa shape index (κ3) is 2.58. The minimum Gasteiger partial charge on any atom is -0.381 e. The molecule has 21 heavy (non-hydrogen) atoms. The number of rotatable bonds is 2. The number of nitrogens with zero attached hydrogens (tertiary/aromatic N) is 4. The Hall–Kier alpha value is -1.73. The quantitative estimate of drug-likeness (QED) is 0.598. The molecule has 0 spiro atoms. The van der Waals surface area contributed by atoms with Gasteiger partial charge in [-0.05, 0) is 30.4 Å². The van der Waals surface area contributed by atoms with Gasteiger partial charge >= 0.3 is 11.1 Å². The van der Waals surface area contributed by atoms with E-state index in [2.05, 4.69) is 9.97 Å². The Morgan fingerprint density at radius 2 is 2.05 bits per heavy atom. The molecule has 0 aromatic carbocycles. The molecule has 0 unspecified atom stereocenters. The fraction of sp³-hybridized carbons (Fsp3) is 0.538. The van der Waals surface area contributed by atoms with Crippen LogP contribution >= 0.6 is 11.6 Å². The molecular weight excluding hydrogens is 296 g/mol. The average molecular weight is 311 g/mol. The summed E-state index contributed by atoms with van der Waals surface area (Å²) in [4.78, 5) is 32.3. The lowest BCUT2D eigenvalue weighted by atomic mass is 10.0. The number of fused-ring (bicyclic) bond motifs is 1. The minimum absolute atomic E-state index is 0.0567. The third-order valence-electron chi connectivity index (χ3n) is 3.85. The van der Waals surface area contributed by atoms with Gasteiger partial charge in [-0.1, -0.05) is 0 Å². The molecule has 3 rings (SSSR count). The van der Waals surface area contributed by atoms with Crippen LogP contribution in [0.1, 0.15) is 12.8 Å². The van der Waals surface area contributed by atoms with Gasteiger partial charge in [0, 0.05) is 26.8 Å². The number of halogens is 1. The second-order valence-corrected chi connectivity index (χ2v) is 5.52. The largest absolute Gasteiger partial charge is 0.381 e. The van der Waals surface area contributed by atoms with Crippen LogP contribution in [0.4, 0.5) is 0 Å². The second-order valence-electron chi connectivity index (χ2n) is 5.18. The van der Waals surface area contributed by atoms with Gasteiger partial charge in [0.1, 0.15) is 5.52 Å². The van der Waals surface area contributed by atoms with Crippen LogP contribution in [0.25, 0.3) is 11.2 Å². The van der Waals surface area contributed by atoms with E-state index in [1.165, 1.54) is 22.4 Å². The highest BCUT2D eigenvalue weighted by Crippen LogP contribution is 2.18. The van der Waals surface area contributed by atoms with Crippen LogP contribution in [0.15, 0.2) is 15.8 Å². The molecule has 2 aromatic rings. The maximum Gasteiger partial charge on any atom is 0.318 e. The Morgan fingerprint density at radius 3 is 2.76 bits per heavy atom. The molecule has 2 aromatic heterocycles. The Labute approximate surface area is 125 Å². The predicted molar refractivity (Wildman–Crippen MR) is 77.6 cm³/mol. The SMILES string of the molecule is Cn1c(=O)c(=O)n(CC2CCOCC2)c2nc(Cl)ncc21. The summed E-state index contributed by atoms with van der Waals surface area (Å²) in [6.45, 7) is 1.80. The molecule has 1 aliphatic rings. The molecule has 0 saturated carbocycles.